The van der Waals surface area contributed by atoms with Crippen LogP contribution >= 0.6 is 0 Å². The molecule has 0 aromatic heterocycles. The summed E-state index contributed by atoms with van der Waals surface area (Å²) in [5, 5.41) is 0. The SMILES string of the molecule is C=C(CC(=O)OC1CCCCCCC1)C(=O)OCC(C)(C)S(C)(=O)=O. The maximum Gasteiger partial charge on any atom is 0.334 e. The van der Waals surface area contributed by atoms with Gasteiger partial charge in [-0.2, -0.15) is 0 Å². The molecule has 7 heteroatoms. The van der Waals surface area contributed by atoms with Gasteiger partial charge >= 0.3 is 11.9 Å². The second-order valence-corrected chi connectivity index (χ2v) is 9.99. The predicted octanol–water partition coefficient (Wildman–Crippen LogP) is 2.96. The minimum absolute atomic E-state index is 0.0276. The van der Waals surface area contributed by atoms with Crippen molar-refractivity contribution in [1.29, 1.82) is 0 Å². The summed E-state index contributed by atoms with van der Waals surface area (Å²) in [5.74, 6) is -1.26. The standard InChI is InChI=1S/C18H30O6S/c1-14(17(20)23-13-18(2,3)25(4,21)22)12-16(19)24-15-10-8-6-5-7-9-11-15/h15H,1,5-13H2,2-4H3. The highest BCUT2D eigenvalue weighted by Gasteiger charge is 2.32. The number of sulfone groups is 1. The van der Waals surface area contributed by atoms with E-state index < -0.39 is 26.5 Å². The third-order valence-electron chi connectivity index (χ3n) is 4.55. The van der Waals surface area contributed by atoms with Gasteiger partial charge in [-0.15, -0.1) is 0 Å². The zero-order chi connectivity index (χ0) is 19.1. The Morgan fingerprint density at radius 1 is 1.08 bits per heavy atom. The van der Waals surface area contributed by atoms with E-state index in [-0.39, 0.29) is 24.7 Å². The third-order valence-corrected chi connectivity index (χ3v) is 6.68. The smallest absolute Gasteiger partial charge is 0.334 e. The van der Waals surface area contributed by atoms with E-state index in [1.807, 2.05) is 0 Å². The molecule has 0 aromatic carbocycles. The molecule has 1 rings (SSSR count). The van der Waals surface area contributed by atoms with Gasteiger partial charge in [0.05, 0.1) is 6.42 Å². The van der Waals surface area contributed by atoms with Crippen LogP contribution in [0, 0.1) is 0 Å². The van der Waals surface area contributed by atoms with Crippen LogP contribution in [0.15, 0.2) is 12.2 Å². The summed E-state index contributed by atoms with van der Waals surface area (Å²) in [5.41, 5.74) is -0.0276. The van der Waals surface area contributed by atoms with E-state index in [0.717, 1.165) is 44.8 Å². The monoisotopic (exact) mass is 374 g/mol. The number of carbonyl (C=O) groups excluding carboxylic acids is 2. The summed E-state index contributed by atoms with van der Waals surface area (Å²) >= 11 is 0. The lowest BCUT2D eigenvalue weighted by molar-refractivity contribution is -0.151. The van der Waals surface area contributed by atoms with Gasteiger partial charge in [0.15, 0.2) is 9.84 Å². The Morgan fingerprint density at radius 3 is 2.12 bits per heavy atom. The van der Waals surface area contributed by atoms with Gasteiger partial charge in [-0.3, -0.25) is 4.79 Å². The molecule has 0 spiro atoms. The Bertz CT molecular complexity index is 583. The van der Waals surface area contributed by atoms with Crippen molar-refractivity contribution < 1.29 is 27.5 Å². The molecule has 144 valence electrons. The van der Waals surface area contributed by atoms with Crippen LogP contribution in [0.5, 0.6) is 0 Å². The summed E-state index contributed by atoms with van der Waals surface area (Å²) in [6.45, 7) is 6.22. The van der Waals surface area contributed by atoms with Gasteiger partial charge in [-0.25, -0.2) is 13.2 Å². The third kappa shape index (κ3) is 7.59. The number of rotatable bonds is 7. The second kappa shape index (κ2) is 9.36. The minimum Gasteiger partial charge on any atom is -0.462 e. The molecule has 1 fully saturated rings. The van der Waals surface area contributed by atoms with Gasteiger partial charge in [-0.1, -0.05) is 25.8 Å². The molecule has 1 aliphatic rings. The van der Waals surface area contributed by atoms with Crippen LogP contribution < -0.4 is 0 Å². The van der Waals surface area contributed by atoms with E-state index in [9.17, 15) is 18.0 Å². The van der Waals surface area contributed by atoms with E-state index in [1.165, 1.54) is 20.3 Å². The summed E-state index contributed by atoms with van der Waals surface area (Å²) in [6, 6.07) is 0. The zero-order valence-corrected chi connectivity index (χ0v) is 16.3. The predicted molar refractivity (Wildman–Crippen MR) is 95.8 cm³/mol. The molecule has 0 heterocycles. The second-order valence-electron chi connectivity index (χ2n) is 7.35. The summed E-state index contributed by atoms with van der Waals surface area (Å²) in [6.07, 6.45) is 8.08. The van der Waals surface area contributed by atoms with Crippen LogP contribution in [-0.4, -0.2) is 44.1 Å². The molecule has 0 unspecified atom stereocenters. The fourth-order valence-electron chi connectivity index (χ4n) is 2.46. The van der Waals surface area contributed by atoms with Gasteiger partial charge in [0.1, 0.15) is 17.5 Å². The Kier molecular flexibility index (Phi) is 8.12. The molecule has 0 N–H and O–H groups in total. The largest absolute Gasteiger partial charge is 0.462 e. The van der Waals surface area contributed by atoms with Crippen LogP contribution in [-0.2, 0) is 28.9 Å². The van der Waals surface area contributed by atoms with Crippen molar-refractivity contribution in [3.8, 4) is 0 Å². The van der Waals surface area contributed by atoms with Gasteiger partial charge in [0.2, 0.25) is 0 Å². The summed E-state index contributed by atoms with van der Waals surface area (Å²) in [4.78, 5) is 23.9. The normalized spacial score (nSPS) is 17.2. The van der Waals surface area contributed by atoms with Crippen LogP contribution in [0.25, 0.3) is 0 Å². The van der Waals surface area contributed by atoms with Gasteiger partial charge in [-0.05, 0) is 39.5 Å². The molecule has 0 aromatic rings. The fourth-order valence-corrected chi connectivity index (χ4v) is 2.73. The number of hydrogen-bond donors (Lipinski definition) is 0. The Hall–Kier alpha value is -1.37. The number of carbonyl (C=O) groups is 2. The lowest BCUT2D eigenvalue weighted by Gasteiger charge is -2.22. The van der Waals surface area contributed by atoms with E-state index >= 15 is 0 Å². The van der Waals surface area contributed by atoms with Crippen LogP contribution in [0.3, 0.4) is 0 Å². The average molecular weight is 374 g/mol. The summed E-state index contributed by atoms with van der Waals surface area (Å²) < 4.78 is 32.4. The van der Waals surface area contributed by atoms with E-state index in [1.54, 1.807) is 0 Å². The molecule has 0 amide bonds. The molecular weight excluding hydrogens is 344 g/mol. The van der Waals surface area contributed by atoms with Gasteiger partial charge < -0.3 is 9.47 Å². The number of hydrogen-bond acceptors (Lipinski definition) is 6. The molecule has 1 saturated carbocycles. The van der Waals surface area contributed by atoms with Crippen LogP contribution in [0.4, 0.5) is 0 Å². The maximum atomic E-state index is 12.0. The molecule has 0 bridgehead atoms. The first-order valence-electron chi connectivity index (χ1n) is 8.77. The zero-order valence-electron chi connectivity index (χ0n) is 15.5. The lowest BCUT2D eigenvalue weighted by atomic mass is 9.98. The minimum atomic E-state index is -3.37. The van der Waals surface area contributed by atoms with Crippen molar-refractivity contribution in [3.05, 3.63) is 12.2 Å². The van der Waals surface area contributed by atoms with Crippen molar-refractivity contribution in [2.24, 2.45) is 0 Å². The molecule has 0 atom stereocenters. The van der Waals surface area contributed by atoms with Gasteiger partial charge in [0, 0.05) is 11.8 Å². The van der Waals surface area contributed by atoms with Crippen molar-refractivity contribution in [1.82, 2.24) is 0 Å². The van der Waals surface area contributed by atoms with E-state index in [0.29, 0.717) is 0 Å². The molecule has 6 nitrogen and oxygen atoms in total. The van der Waals surface area contributed by atoms with Crippen molar-refractivity contribution in [3.63, 3.8) is 0 Å². The lowest BCUT2D eigenvalue weighted by Crippen LogP contribution is -2.37. The number of esters is 2. The van der Waals surface area contributed by atoms with Crippen LogP contribution in [0.1, 0.15) is 65.2 Å². The highest BCUT2D eigenvalue weighted by atomic mass is 32.2. The fraction of sp³-hybridized carbons (Fsp3) is 0.778. The van der Waals surface area contributed by atoms with E-state index in [2.05, 4.69) is 6.58 Å². The molecule has 0 saturated heterocycles. The first-order valence-corrected chi connectivity index (χ1v) is 10.7. The topological polar surface area (TPSA) is 86.7 Å². The van der Waals surface area contributed by atoms with Crippen LogP contribution in [0.2, 0.25) is 0 Å². The van der Waals surface area contributed by atoms with Crippen molar-refractivity contribution in [2.75, 3.05) is 12.9 Å². The summed E-state index contributed by atoms with van der Waals surface area (Å²) in [7, 11) is -3.37. The Labute approximate surface area is 150 Å². The Morgan fingerprint density at radius 2 is 1.60 bits per heavy atom. The van der Waals surface area contributed by atoms with Gasteiger partial charge in [0.25, 0.3) is 0 Å². The number of ether oxygens (including phenoxy) is 2. The molecule has 0 aliphatic heterocycles. The molecule has 25 heavy (non-hydrogen) atoms. The van der Waals surface area contributed by atoms with Crippen molar-refractivity contribution >= 4 is 21.8 Å². The Balaban J connectivity index is 2.43. The maximum absolute atomic E-state index is 12.0. The van der Waals surface area contributed by atoms with E-state index in [4.69, 9.17) is 9.47 Å². The quantitative estimate of drug-likeness (QED) is 0.503. The molecule has 1 aliphatic carbocycles. The van der Waals surface area contributed by atoms with Crippen molar-refractivity contribution in [2.45, 2.75) is 76.1 Å². The first kappa shape index (κ1) is 21.7. The molecule has 0 radical (unpaired) electrons. The average Bonchev–Trinajstić information content (AvgIpc) is 2.46. The highest BCUT2D eigenvalue weighted by Crippen LogP contribution is 2.21. The highest BCUT2D eigenvalue weighted by molar-refractivity contribution is 7.92. The molecular formula is C18H30O6S. The first-order chi connectivity index (χ1) is 11.5.